The van der Waals surface area contributed by atoms with Crippen LogP contribution >= 0.6 is 0 Å². The minimum atomic E-state index is -0.826. The quantitative estimate of drug-likeness (QED) is 0.470. The number of hydrogen-bond donors (Lipinski definition) is 1. The standard InChI is InChI=1S/C17H21N5O5/c1-6-26-15(24)10-8-11-13(20-12(10)16(25)27-7-2)14(23)21-17(19-11)18-9(3)22(4)5/h8H,6-7H2,1-5H3,(H,19,21,23)/b18-9+. The van der Waals surface area contributed by atoms with Gasteiger partial charge in [0.2, 0.25) is 5.95 Å². The summed E-state index contributed by atoms with van der Waals surface area (Å²) < 4.78 is 9.89. The van der Waals surface area contributed by atoms with Gasteiger partial charge in [0.15, 0.2) is 11.2 Å². The van der Waals surface area contributed by atoms with Crippen LogP contribution in [-0.2, 0) is 9.47 Å². The summed E-state index contributed by atoms with van der Waals surface area (Å²) in [6, 6.07) is 1.28. The highest BCUT2D eigenvalue weighted by Crippen LogP contribution is 2.17. The number of aliphatic imine (C=N–C) groups is 1. The molecule has 2 aromatic rings. The van der Waals surface area contributed by atoms with E-state index in [4.69, 9.17) is 9.47 Å². The molecule has 0 unspecified atom stereocenters. The lowest BCUT2D eigenvalue weighted by atomic mass is 10.1. The molecule has 0 fully saturated rings. The van der Waals surface area contributed by atoms with Gasteiger partial charge in [-0.25, -0.2) is 24.5 Å². The zero-order chi connectivity index (χ0) is 20.1. The number of amidine groups is 1. The zero-order valence-corrected chi connectivity index (χ0v) is 15.8. The fourth-order valence-electron chi connectivity index (χ4n) is 2.08. The Morgan fingerprint density at radius 3 is 2.37 bits per heavy atom. The minimum absolute atomic E-state index is 0.0548. The fourth-order valence-corrected chi connectivity index (χ4v) is 2.08. The number of carbonyl (C=O) groups excluding carboxylic acids is 2. The third-order valence-corrected chi connectivity index (χ3v) is 3.55. The Morgan fingerprint density at radius 2 is 1.78 bits per heavy atom. The van der Waals surface area contributed by atoms with Crippen molar-refractivity contribution in [2.75, 3.05) is 27.3 Å². The van der Waals surface area contributed by atoms with Crippen LogP contribution in [0.15, 0.2) is 15.9 Å². The first kappa shape index (κ1) is 20.0. The third kappa shape index (κ3) is 4.46. The summed E-state index contributed by atoms with van der Waals surface area (Å²) in [6.45, 7) is 5.20. The first-order valence-electron chi connectivity index (χ1n) is 8.30. The van der Waals surface area contributed by atoms with Crippen molar-refractivity contribution < 1.29 is 19.1 Å². The van der Waals surface area contributed by atoms with E-state index in [0.29, 0.717) is 5.84 Å². The van der Waals surface area contributed by atoms with Crippen LogP contribution in [0.3, 0.4) is 0 Å². The predicted octanol–water partition coefficient (Wildman–Crippen LogP) is 1.28. The smallest absolute Gasteiger partial charge is 0.357 e. The van der Waals surface area contributed by atoms with E-state index in [9.17, 15) is 14.4 Å². The van der Waals surface area contributed by atoms with Gasteiger partial charge in [0.25, 0.3) is 5.56 Å². The normalized spacial score (nSPS) is 11.4. The highest BCUT2D eigenvalue weighted by Gasteiger charge is 2.23. The van der Waals surface area contributed by atoms with E-state index in [-0.39, 0.29) is 41.5 Å². The molecule has 0 bridgehead atoms. The maximum Gasteiger partial charge on any atom is 0.357 e. The lowest BCUT2D eigenvalue weighted by molar-refractivity contribution is 0.0474. The number of esters is 2. The molecule has 10 heteroatoms. The first-order valence-corrected chi connectivity index (χ1v) is 8.30. The van der Waals surface area contributed by atoms with Gasteiger partial charge in [-0.1, -0.05) is 0 Å². The Kier molecular flexibility index (Phi) is 6.22. The van der Waals surface area contributed by atoms with Gasteiger partial charge >= 0.3 is 11.9 Å². The van der Waals surface area contributed by atoms with E-state index in [0.717, 1.165) is 0 Å². The van der Waals surface area contributed by atoms with Crippen LogP contribution in [0.25, 0.3) is 11.0 Å². The summed E-state index contributed by atoms with van der Waals surface area (Å²) in [5, 5.41) is 0. The van der Waals surface area contributed by atoms with Crippen LogP contribution in [-0.4, -0.2) is 64.9 Å². The van der Waals surface area contributed by atoms with Crippen molar-refractivity contribution in [1.82, 2.24) is 19.9 Å². The van der Waals surface area contributed by atoms with Crippen molar-refractivity contribution in [3.05, 3.63) is 27.7 Å². The van der Waals surface area contributed by atoms with Crippen molar-refractivity contribution in [2.45, 2.75) is 20.8 Å². The molecule has 0 radical (unpaired) electrons. The summed E-state index contributed by atoms with van der Waals surface area (Å²) in [6.07, 6.45) is 0. The fraction of sp³-hybridized carbons (Fsp3) is 0.412. The molecule has 0 saturated heterocycles. The number of carbonyl (C=O) groups is 2. The van der Waals surface area contributed by atoms with Crippen LogP contribution in [0.2, 0.25) is 0 Å². The zero-order valence-electron chi connectivity index (χ0n) is 15.8. The second-order valence-electron chi connectivity index (χ2n) is 5.64. The molecule has 0 spiro atoms. The van der Waals surface area contributed by atoms with Crippen LogP contribution in [0.4, 0.5) is 5.95 Å². The third-order valence-electron chi connectivity index (χ3n) is 3.55. The van der Waals surface area contributed by atoms with E-state index < -0.39 is 17.5 Å². The van der Waals surface area contributed by atoms with E-state index in [1.54, 1.807) is 39.8 Å². The topological polar surface area (TPSA) is 127 Å². The number of aromatic amines is 1. The molecule has 2 aromatic heterocycles. The molecular weight excluding hydrogens is 354 g/mol. The van der Waals surface area contributed by atoms with Crippen LogP contribution in [0.1, 0.15) is 41.6 Å². The van der Waals surface area contributed by atoms with Gasteiger partial charge in [-0.2, -0.15) is 0 Å². The molecule has 0 atom stereocenters. The Morgan fingerprint density at radius 1 is 1.15 bits per heavy atom. The Bertz CT molecular complexity index is 964. The van der Waals surface area contributed by atoms with Crippen molar-refractivity contribution in [3.8, 4) is 0 Å². The molecule has 144 valence electrons. The Balaban J connectivity index is 2.71. The number of nitrogens with zero attached hydrogens (tertiary/aromatic N) is 4. The first-order chi connectivity index (χ1) is 12.8. The van der Waals surface area contributed by atoms with Crippen molar-refractivity contribution >= 4 is 34.8 Å². The van der Waals surface area contributed by atoms with Crippen molar-refractivity contribution in [3.63, 3.8) is 0 Å². The molecule has 0 aliphatic heterocycles. The molecular formula is C17H21N5O5. The lowest BCUT2D eigenvalue weighted by Gasteiger charge is -2.11. The summed E-state index contributed by atoms with van der Waals surface area (Å²) in [5.74, 6) is -0.919. The van der Waals surface area contributed by atoms with Crippen LogP contribution < -0.4 is 5.56 Å². The molecule has 2 rings (SSSR count). The van der Waals surface area contributed by atoms with E-state index in [2.05, 4.69) is 19.9 Å². The Labute approximate surface area is 155 Å². The van der Waals surface area contributed by atoms with Crippen molar-refractivity contribution in [1.29, 1.82) is 0 Å². The molecule has 27 heavy (non-hydrogen) atoms. The van der Waals surface area contributed by atoms with Gasteiger partial charge in [0, 0.05) is 14.1 Å². The number of ether oxygens (including phenoxy) is 2. The second-order valence-corrected chi connectivity index (χ2v) is 5.64. The number of rotatable bonds is 5. The molecule has 0 amide bonds. The maximum atomic E-state index is 12.4. The number of aromatic nitrogens is 3. The highest BCUT2D eigenvalue weighted by atomic mass is 16.5. The molecule has 0 aliphatic carbocycles. The number of nitrogens with one attached hydrogen (secondary N) is 1. The van der Waals surface area contributed by atoms with Gasteiger partial charge < -0.3 is 14.4 Å². The number of H-pyrrole nitrogens is 1. The number of pyridine rings is 1. The second kappa shape index (κ2) is 8.39. The summed E-state index contributed by atoms with van der Waals surface area (Å²) in [7, 11) is 3.59. The van der Waals surface area contributed by atoms with Crippen molar-refractivity contribution in [2.24, 2.45) is 4.99 Å². The Hall–Kier alpha value is -3.30. The average molecular weight is 375 g/mol. The van der Waals surface area contributed by atoms with Gasteiger partial charge in [0.05, 0.1) is 24.3 Å². The highest BCUT2D eigenvalue weighted by molar-refractivity contribution is 6.04. The largest absolute Gasteiger partial charge is 0.462 e. The molecule has 0 aliphatic rings. The predicted molar refractivity (Wildman–Crippen MR) is 98.5 cm³/mol. The molecule has 10 nitrogen and oxygen atoms in total. The number of hydrogen-bond acceptors (Lipinski definition) is 8. The monoisotopic (exact) mass is 375 g/mol. The van der Waals surface area contributed by atoms with E-state index >= 15 is 0 Å². The number of fused-ring (bicyclic) bond motifs is 1. The molecule has 1 N–H and O–H groups in total. The van der Waals surface area contributed by atoms with Gasteiger partial charge in [0.1, 0.15) is 5.84 Å². The van der Waals surface area contributed by atoms with Crippen LogP contribution in [0, 0.1) is 0 Å². The van der Waals surface area contributed by atoms with Gasteiger partial charge in [-0.05, 0) is 26.8 Å². The molecule has 0 saturated carbocycles. The molecule has 2 heterocycles. The minimum Gasteiger partial charge on any atom is -0.462 e. The lowest BCUT2D eigenvalue weighted by Crippen LogP contribution is -2.20. The maximum absolute atomic E-state index is 12.4. The SMILES string of the molecule is CCOC(=O)c1cc2nc(/N=C(\C)N(C)C)[nH]c(=O)c2nc1C(=O)OCC. The van der Waals surface area contributed by atoms with Gasteiger partial charge in [-0.3, -0.25) is 9.78 Å². The summed E-state index contributed by atoms with van der Waals surface area (Å²) in [4.78, 5) is 53.5. The summed E-state index contributed by atoms with van der Waals surface area (Å²) in [5.41, 5.74) is -1.00. The van der Waals surface area contributed by atoms with Gasteiger partial charge in [-0.15, -0.1) is 0 Å². The average Bonchev–Trinajstić information content (AvgIpc) is 2.61. The van der Waals surface area contributed by atoms with Crippen LogP contribution in [0.5, 0.6) is 0 Å². The molecule has 0 aromatic carbocycles. The van der Waals surface area contributed by atoms with E-state index in [1.807, 2.05) is 0 Å². The van der Waals surface area contributed by atoms with E-state index in [1.165, 1.54) is 6.07 Å². The summed E-state index contributed by atoms with van der Waals surface area (Å²) >= 11 is 0.